The molecule has 0 bridgehead atoms. The minimum Gasteiger partial charge on any atom is -0.493 e. The van der Waals surface area contributed by atoms with Crippen molar-refractivity contribution in [2.75, 3.05) is 20.8 Å². The summed E-state index contributed by atoms with van der Waals surface area (Å²) in [5, 5.41) is 0. The summed E-state index contributed by atoms with van der Waals surface area (Å²) in [6.45, 7) is -0.232. The minimum absolute atomic E-state index is 0.180. The molecule has 0 saturated carbocycles. The number of hydrogen-bond donors (Lipinski definition) is 0. The molecule has 0 unspecified atom stereocenters. The van der Waals surface area contributed by atoms with Gasteiger partial charge in [-0.2, -0.15) is 0 Å². The van der Waals surface area contributed by atoms with Crippen molar-refractivity contribution >= 4 is 23.9 Å². The number of rotatable bonds is 6. The van der Waals surface area contributed by atoms with Crippen LogP contribution < -0.4 is 9.47 Å². The number of methoxy groups -OCH3 is 2. The second kappa shape index (κ2) is 8.18. The average Bonchev–Trinajstić information content (AvgIpc) is 3.07. The molecule has 3 rings (SSSR count). The molecule has 0 atom stereocenters. The van der Waals surface area contributed by atoms with Crippen LogP contribution in [0.1, 0.15) is 11.1 Å². The predicted molar refractivity (Wildman–Crippen MR) is 97.6 cm³/mol. The molecule has 27 heavy (non-hydrogen) atoms. The van der Waals surface area contributed by atoms with Gasteiger partial charge in [0.25, 0.3) is 0 Å². The van der Waals surface area contributed by atoms with Gasteiger partial charge < -0.3 is 18.9 Å². The smallest absolute Gasteiger partial charge is 0.363 e. The Balaban J connectivity index is 1.83. The minimum atomic E-state index is -0.529. The highest BCUT2D eigenvalue weighted by Crippen LogP contribution is 2.29. The first-order valence-electron chi connectivity index (χ1n) is 8.06. The van der Waals surface area contributed by atoms with Gasteiger partial charge >= 0.3 is 11.9 Å². The van der Waals surface area contributed by atoms with Gasteiger partial charge in [0.05, 0.1) is 14.2 Å². The second-order valence-corrected chi connectivity index (χ2v) is 5.48. The fraction of sp³-hybridized carbons (Fsp3) is 0.150. The summed E-state index contributed by atoms with van der Waals surface area (Å²) in [5.74, 6) is 0.0230. The van der Waals surface area contributed by atoms with E-state index in [-0.39, 0.29) is 18.2 Å². The number of benzene rings is 2. The summed E-state index contributed by atoms with van der Waals surface area (Å²) in [6.07, 6.45) is 1.59. The van der Waals surface area contributed by atoms with E-state index in [9.17, 15) is 9.59 Å². The maximum absolute atomic E-state index is 12.1. The van der Waals surface area contributed by atoms with E-state index in [1.807, 2.05) is 30.3 Å². The van der Waals surface area contributed by atoms with E-state index in [0.29, 0.717) is 17.1 Å². The third-order valence-electron chi connectivity index (χ3n) is 3.71. The lowest BCUT2D eigenvalue weighted by atomic mass is 10.1. The van der Waals surface area contributed by atoms with Gasteiger partial charge in [-0.25, -0.2) is 14.6 Å². The van der Waals surface area contributed by atoms with E-state index in [2.05, 4.69) is 9.73 Å². The van der Waals surface area contributed by atoms with Crippen LogP contribution in [-0.4, -0.2) is 38.7 Å². The van der Waals surface area contributed by atoms with Crippen LogP contribution in [0.5, 0.6) is 11.5 Å². The van der Waals surface area contributed by atoms with Crippen LogP contribution in [0.25, 0.3) is 6.08 Å². The van der Waals surface area contributed by atoms with E-state index in [4.69, 9.17) is 14.2 Å². The summed E-state index contributed by atoms with van der Waals surface area (Å²) in [6, 6.07) is 14.2. The molecular weight excluding hydrogens is 350 g/mol. The van der Waals surface area contributed by atoms with Crippen LogP contribution in [0.2, 0.25) is 0 Å². The first-order valence-corrected chi connectivity index (χ1v) is 8.06. The van der Waals surface area contributed by atoms with E-state index in [0.717, 1.165) is 5.56 Å². The van der Waals surface area contributed by atoms with E-state index in [1.54, 1.807) is 24.3 Å². The molecule has 0 aromatic heterocycles. The van der Waals surface area contributed by atoms with Gasteiger partial charge in [-0.1, -0.05) is 24.3 Å². The lowest BCUT2D eigenvalue weighted by molar-refractivity contribution is -0.143. The molecule has 1 aliphatic heterocycles. The largest absolute Gasteiger partial charge is 0.493 e. The third kappa shape index (κ3) is 4.33. The Morgan fingerprint density at radius 2 is 1.89 bits per heavy atom. The molecule has 2 aromatic rings. The molecule has 0 N–H and O–H groups in total. The van der Waals surface area contributed by atoms with Crippen molar-refractivity contribution in [2.24, 2.45) is 4.99 Å². The van der Waals surface area contributed by atoms with Crippen molar-refractivity contribution in [1.29, 1.82) is 0 Å². The Morgan fingerprint density at radius 1 is 1.11 bits per heavy atom. The fourth-order valence-corrected chi connectivity index (χ4v) is 2.36. The maximum Gasteiger partial charge on any atom is 0.363 e. The van der Waals surface area contributed by atoms with Crippen LogP contribution >= 0.6 is 0 Å². The number of aliphatic imine (C=N–C) groups is 1. The topological polar surface area (TPSA) is 83.4 Å². The van der Waals surface area contributed by atoms with Crippen molar-refractivity contribution in [3.8, 4) is 11.5 Å². The molecule has 1 aliphatic rings. The van der Waals surface area contributed by atoms with E-state index >= 15 is 0 Å². The number of carbonyl (C=O) groups excluding carboxylic acids is 2. The molecule has 0 saturated heterocycles. The van der Waals surface area contributed by atoms with E-state index < -0.39 is 11.9 Å². The summed E-state index contributed by atoms with van der Waals surface area (Å²) in [4.78, 5) is 27.5. The molecule has 7 heteroatoms. The Labute approximate surface area is 155 Å². The van der Waals surface area contributed by atoms with Crippen molar-refractivity contribution in [1.82, 2.24) is 0 Å². The van der Waals surface area contributed by atoms with Gasteiger partial charge in [-0.3, -0.25) is 0 Å². The number of carbonyl (C=O) groups is 2. The molecule has 0 radical (unpaired) electrons. The lowest BCUT2D eigenvalue weighted by Gasteiger charge is -2.10. The summed E-state index contributed by atoms with van der Waals surface area (Å²) >= 11 is 0. The van der Waals surface area contributed by atoms with Crippen molar-refractivity contribution in [3.05, 3.63) is 65.4 Å². The van der Waals surface area contributed by atoms with Crippen LogP contribution in [0.3, 0.4) is 0 Å². The molecule has 0 fully saturated rings. The highest BCUT2D eigenvalue weighted by Gasteiger charge is 2.24. The average molecular weight is 367 g/mol. The molecular formula is C20H17NO6. The van der Waals surface area contributed by atoms with E-state index in [1.165, 1.54) is 14.2 Å². The molecule has 7 nitrogen and oxygen atoms in total. The SMILES string of the molecule is COC(=O)COc1ccc(C=C2N=C(c3ccccc3)OC2=O)cc1OC. The van der Waals surface area contributed by atoms with Gasteiger partial charge in [-0.05, 0) is 35.9 Å². The monoisotopic (exact) mass is 367 g/mol. The van der Waals surface area contributed by atoms with Crippen molar-refractivity contribution < 1.29 is 28.5 Å². The Morgan fingerprint density at radius 3 is 2.59 bits per heavy atom. The normalized spacial score (nSPS) is 14.5. The molecule has 1 heterocycles. The van der Waals surface area contributed by atoms with Crippen LogP contribution in [-0.2, 0) is 19.1 Å². The van der Waals surface area contributed by atoms with Gasteiger partial charge in [0.15, 0.2) is 23.8 Å². The van der Waals surface area contributed by atoms with Gasteiger partial charge in [-0.15, -0.1) is 0 Å². The predicted octanol–water partition coefficient (Wildman–Crippen LogP) is 2.59. The molecule has 0 amide bonds. The van der Waals surface area contributed by atoms with Crippen LogP contribution in [0.15, 0.2) is 59.2 Å². The van der Waals surface area contributed by atoms with Crippen molar-refractivity contribution in [3.63, 3.8) is 0 Å². The quantitative estimate of drug-likeness (QED) is 0.576. The van der Waals surface area contributed by atoms with Gasteiger partial charge in [0.2, 0.25) is 5.90 Å². The summed E-state index contributed by atoms with van der Waals surface area (Å²) in [7, 11) is 2.76. The number of esters is 2. The van der Waals surface area contributed by atoms with Gasteiger partial charge in [0.1, 0.15) is 0 Å². The zero-order valence-electron chi connectivity index (χ0n) is 14.8. The zero-order valence-corrected chi connectivity index (χ0v) is 14.8. The number of cyclic esters (lactones) is 1. The Kier molecular flexibility index (Phi) is 5.51. The third-order valence-corrected chi connectivity index (χ3v) is 3.71. The highest BCUT2D eigenvalue weighted by atomic mass is 16.6. The Bertz CT molecular complexity index is 917. The number of nitrogens with zero attached hydrogens (tertiary/aromatic N) is 1. The number of ether oxygens (including phenoxy) is 4. The molecule has 138 valence electrons. The first kappa shape index (κ1) is 18.2. The fourth-order valence-electron chi connectivity index (χ4n) is 2.36. The second-order valence-electron chi connectivity index (χ2n) is 5.48. The summed E-state index contributed by atoms with van der Waals surface area (Å²) in [5.41, 5.74) is 1.57. The summed E-state index contributed by atoms with van der Waals surface area (Å²) < 4.78 is 20.4. The van der Waals surface area contributed by atoms with Gasteiger partial charge in [0, 0.05) is 5.56 Å². The first-order chi connectivity index (χ1) is 13.1. The maximum atomic E-state index is 12.1. The van der Waals surface area contributed by atoms with Crippen molar-refractivity contribution in [2.45, 2.75) is 0 Å². The standard InChI is InChI=1S/C20H17NO6/c1-24-17-11-13(8-9-16(17)26-12-18(22)25-2)10-15-20(23)27-19(21-15)14-6-4-3-5-7-14/h3-11H,12H2,1-2H3. The molecule has 2 aromatic carbocycles. The molecule has 0 spiro atoms. The highest BCUT2D eigenvalue weighted by molar-refractivity contribution is 6.12. The lowest BCUT2D eigenvalue weighted by Crippen LogP contribution is -2.12. The van der Waals surface area contributed by atoms with Crippen LogP contribution in [0, 0.1) is 0 Å². The molecule has 0 aliphatic carbocycles. The number of hydrogen-bond acceptors (Lipinski definition) is 7. The zero-order chi connectivity index (χ0) is 19.2. The van der Waals surface area contributed by atoms with Crippen LogP contribution in [0.4, 0.5) is 0 Å². The Hall–Kier alpha value is -3.61.